The molecule has 0 aliphatic heterocycles. The normalized spacial score (nSPS) is 13.4. The first-order chi connectivity index (χ1) is 16.3. The predicted molar refractivity (Wildman–Crippen MR) is 137 cm³/mol. The number of unbranched alkanes of at least 4 members (excludes halogenated alkanes) is 1. The molecule has 3 rings (SSSR count). The van der Waals surface area contributed by atoms with E-state index in [1.54, 1.807) is 19.4 Å². The van der Waals surface area contributed by atoms with Gasteiger partial charge in [0.15, 0.2) is 0 Å². The fourth-order valence-corrected chi connectivity index (χ4v) is 3.96. The molecule has 2 heterocycles. The fourth-order valence-electron chi connectivity index (χ4n) is 3.96. The number of aliphatic hydroxyl groups excluding tert-OH is 1. The number of nitrogen functional groups attached to an aromatic ring is 1. The zero-order chi connectivity index (χ0) is 24.7. The molecule has 0 aliphatic rings. The molecule has 3 aromatic rings. The highest BCUT2D eigenvalue weighted by atomic mass is 16.5. The van der Waals surface area contributed by atoms with E-state index in [0.29, 0.717) is 24.5 Å². The molecule has 0 unspecified atom stereocenters. The Bertz CT molecular complexity index is 1170. The van der Waals surface area contributed by atoms with Gasteiger partial charge in [0.25, 0.3) is 0 Å². The number of likely N-dealkylation sites (N-methyl/N-ethyl adjacent to an activating group) is 1. The molecular formula is C25H36N6O3. The fraction of sp³-hybridized carbons (Fsp3) is 0.480. The lowest BCUT2D eigenvalue weighted by Gasteiger charge is -2.30. The van der Waals surface area contributed by atoms with Gasteiger partial charge in [-0.05, 0) is 49.2 Å². The third kappa shape index (κ3) is 6.31. The van der Waals surface area contributed by atoms with E-state index in [1.165, 1.54) is 0 Å². The highest BCUT2D eigenvalue weighted by molar-refractivity contribution is 5.93. The maximum atomic E-state index is 12.2. The summed E-state index contributed by atoms with van der Waals surface area (Å²) in [5.74, 6) is 0.737. The number of benzene rings is 1. The van der Waals surface area contributed by atoms with Crippen molar-refractivity contribution < 1.29 is 9.84 Å². The van der Waals surface area contributed by atoms with Crippen LogP contribution in [0.5, 0.6) is 0 Å². The van der Waals surface area contributed by atoms with Crippen molar-refractivity contribution in [1.29, 1.82) is 0 Å². The summed E-state index contributed by atoms with van der Waals surface area (Å²) in [6, 6.07) is 7.43. The number of fused-ring (bicyclic) bond motifs is 1. The molecule has 34 heavy (non-hydrogen) atoms. The summed E-state index contributed by atoms with van der Waals surface area (Å²) < 4.78 is 5.17. The monoisotopic (exact) mass is 468 g/mol. The number of nitrogens with one attached hydrogen (secondary N) is 2. The summed E-state index contributed by atoms with van der Waals surface area (Å²) in [5.41, 5.74) is 8.72. The Balaban J connectivity index is 2.01. The topological polar surface area (TPSA) is 129 Å². The van der Waals surface area contributed by atoms with Crippen molar-refractivity contribution in [2.45, 2.75) is 45.2 Å². The van der Waals surface area contributed by atoms with E-state index in [1.807, 2.05) is 32.2 Å². The molecular weight excluding hydrogens is 432 g/mol. The zero-order valence-electron chi connectivity index (χ0n) is 20.5. The van der Waals surface area contributed by atoms with Crippen LogP contribution >= 0.6 is 0 Å². The number of aliphatic hydroxyl groups is 1. The van der Waals surface area contributed by atoms with Gasteiger partial charge in [-0.1, -0.05) is 25.8 Å². The molecule has 0 spiro atoms. The first kappa shape index (κ1) is 25.6. The molecule has 0 bridgehead atoms. The van der Waals surface area contributed by atoms with Gasteiger partial charge < -0.3 is 25.9 Å². The number of methoxy groups -OCH3 is 1. The van der Waals surface area contributed by atoms with Crippen molar-refractivity contribution in [2.75, 3.05) is 45.0 Å². The highest BCUT2D eigenvalue weighted by Crippen LogP contribution is 2.31. The Morgan fingerprint density at radius 1 is 1.29 bits per heavy atom. The van der Waals surface area contributed by atoms with Gasteiger partial charge in [-0.2, -0.15) is 4.98 Å². The Morgan fingerprint density at radius 3 is 2.79 bits per heavy atom. The second-order valence-electron chi connectivity index (χ2n) is 9.08. The molecule has 0 amide bonds. The van der Waals surface area contributed by atoms with Gasteiger partial charge in [-0.25, -0.2) is 4.98 Å². The minimum atomic E-state index is -0.519. The summed E-state index contributed by atoms with van der Waals surface area (Å²) in [6.45, 7) is 6.12. The van der Waals surface area contributed by atoms with Gasteiger partial charge in [0, 0.05) is 37.8 Å². The average molecular weight is 469 g/mol. The third-order valence-corrected chi connectivity index (χ3v) is 6.00. The Kier molecular flexibility index (Phi) is 8.60. The molecule has 0 aliphatic carbocycles. The van der Waals surface area contributed by atoms with E-state index >= 15 is 0 Å². The van der Waals surface area contributed by atoms with Crippen LogP contribution in [0.15, 0.2) is 35.3 Å². The number of H-pyrrole nitrogens is 1. The van der Waals surface area contributed by atoms with Crippen LogP contribution < -0.4 is 16.6 Å². The number of pyridine rings is 1. The van der Waals surface area contributed by atoms with E-state index in [2.05, 4.69) is 32.1 Å². The molecule has 0 radical (unpaired) electrons. The number of anilines is 2. The van der Waals surface area contributed by atoms with Crippen LogP contribution in [-0.2, 0) is 11.3 Å². The number of rotatable bonds is 12. The Hall–Kier alpha value is -3.01. The maximum absolute atomic E-state index is 12.2. The maximum Gasteiger partial charge on any atom is 0.248 e. The summed E-state index contributed by atoms with van der Waals surface area (Å²) in [5, 5.41) is 14.2. The van der Waals surface area contributed by atoms with Crippen LogP contribution in [0.4, 0.5) is 11.8 Å². The Morgan fingerprint density at radius 2 is 2.09 bits per heavy atom. The van der Waals surface area contributed by atoms with Gasteiger partial charge in [0.05, 0.1) is 24.3 Å². The van der Waals surface area contributed by atoms with E-state index in [9.17, 15) is 9.90 Å². The van der Waals surface area contributed by atoms with Crippen molar-refractivity contribution in [3.05, 3.63) is 46.4 Å². The number of aromatic nitrogens is 3. The lowest BCUT2D eigenvalue weighted by molar-refractivity contribution is 0.158. The van der Waals surface area contributed by atoms with Crippen LogP contribution in [0.3, 0.4) is 0 Å². The van der Waals surface area contributed by atoms with Crippen molar-refractivity contribution in [3.8, 4) is 11.1 Å². The quantitative estimate of drug-likeness (QED) is 0.319. The van der Waals surface area contributed by atoms with Crippen LogP contribution in [0.1, 0.15) is 38.7 Å². The van der Waals surface area contributed by atoms with E-state index in [-0.39, 0.29) is 18.1 Å². The number of nitrogens with two attached hydrogens (primary N) is 1. The molecule has 5 N–H and O–H groups in total. The van der Waals surface area contributed by atoms with Gasteiger partial charge in [0.2, 0.25) is 11.5 Å². The summed E-state index contributed by atoms with van der Waals surface area (Å²) in [7, 11) is 3.69. The minimum Gasteiger partial charge on any atom is -0.394 e. The van der Waals surface area contributed by atoms with Gasteiger partial charge >= 0.3 is 0 Å². The second-order valence-corrected chi connectivity index (χ2v) is 9.08. The summed E-state index contributed by atoms with van der Waals surface area (Å²) >= 11 is 0. The Labute approximate surface area is 200 Å². The van der Waals surface area contributed by atoms with E-state index in [4.69, 9.17) is 10.5 Å². The van der Waals surface area contributed by atoms with Crippen LogP contribution in [-0.4, -0.2) is 64.4 Å². The van der Waals surface area contributed by atoms with E-state index < -0.39 is 5.54 Å². The molecule has 1 atom stereocenters. The number of ether oxygens (including phenoxy) is 1. The van der Waals surface area contributed by atoms with E-state index in [0.717, 1.165) is 47.9 Å². The van der Waals surface area contributed by atoms with Crippen molar-refractivity contribution in [2.24, 2.45) is 0 Å². The van der Waals surface area contributed by atoms with Crippen molar-refractivity contribution >= 4 is 22.7 Å². The summed E-state index contributed by atoms with van der Waals surface area (Å²) in [4.78, 5) is 25.9. The number of aromatic amines is 1. The third-order valence-electron chi connectivity index (χ3n) is 6.00. The summed E-state index contributed by atoms with van der Waals surface area (Å²) in [6.07, 6.45) is 4.58. The smallest absolute Gasteiger partial charge is 0.248 e. The standard InChI is InChI=1S/C25H36N6O3/c1-5-6-9-25(2,16-32)30-23-19-8-7-17(12-21(19)28-24(26)29-23)20-13-22(33)27-14-18(20)15-31(3)10-11-34-4/h7-8,12-14,32H,5-6,9-11,15-16H2,1-4H3,(H,27,33)(H3,26,28,29,30)/t25-/m1/s1. The molecule has 9 nitrogen and oxygen atoms in total. The first-order valence-corrected chi connectivity index (χ1v) is 11.6. The van der Waals surface area contributed by atoms with Crippen LogP contribution in [0, 0.1) is 0 Å². The van der Waals surface area contributed by atoms with Crippen LogP contribution in [0.25, 0.3) is 22.0 Å². The van der Waals surface area contributed by atoms with Gasteiger partial charge in [0.1, 0.15) is 5.82 Å². The largest absolute Gasteiger partial charge is 0.394 e. The highest BCUT2D eigenvalue weighted by Gasteiger charge is 2.24. The molecule has 0 saturated heterocycles. The number of hydrogen-bond donors (Lipinski definition) is 4. The van der Waals surface area contributed by atoms with Crippen LogP contribution in [0.2, 0.25) is 0 Å². The SMILES string of the molecule is CCCC[C@](C)(CO)Nc1nc(N)nc2cc(-c3cc(=O)[nH]cc3CN(C)CCOC)ccc12. The molecule has 0 saturated carbocycles. The number of hydrogen-bond acceptors (Lipinski definition) is 8. The molecule has 1 aromatic carbocycles. The van der Waals surface area contributed by atoms with Gasteiger partial charge in [-0.15, -0.1) is 0 Å². The minimum absolute atomic E-state index is 0.0246. The van der Waals surface area contributed by atoms with Crippen molar-refractivity contribution in [1.82, 2.24) is 19.9 Å². The van der Waals surface area contributed by atoms with Crippen molar-refractivity contribution in [3.63, 3.8) is 0 Å². The molecule has 184 valence electrons. The average Bonchev–Trinajstić information content (AvgIpc) is 2.82. The molecule has 9 heteroatoms. The lowest BCUT2D eigenvalue weighted by Crippen LogP contribution is -2.39. The second kappa shape index (κ2) is 11.4. The first-order valence-electron chi connectivity index (χ1n) is 11.6. The lowest BCUT2D eigenvalue weighted by atomic mass is 9.95. The van der Waals surface area contributed by atoms with Gasteiger partial charge in [-0.3, -0.25) is 9.69 Å². The zero-order valence-corrected chi connectivity index (χ0v) is 20.5. The number of nitrogens with zero attached hydrogens (tertiary/aromatic N) is 3. The predicted octanol–water partition coefficient (Wildman–Crippen LogP) is 3.00. The molecule has 0 fully saturated rings. The molecule has 2 aromatic heterocycles.